The molecule has 6 nitrogen and oxygen atoms in total. The molecular weight excluding hydrogens is 320 g/mol. The molecule has 0 fully saturated rings. The summed E-state index contributed by atoms with van der Waals surface area (Å²) in [5, 5.41) is 0.803. The van der Waals surface area contributed by atoms with Crippen LogP contribution < -0.4 is 0 Å². The molecule has 1 atom stereocenters. The lowest BCUT2D eigenvalue weighted by molar-refractivity contribution is 0.199. The first-order chi connectivity index (χ1) is 11.8. The molecule has 7 heteroatoms. The predicted molar refractivity (Wildman–Crippen MR) is 92.6 cm³/mol. The van der Waals surface area contributed by atoms with Crippen molar-refractivity contribution in [3.8, 4) is 0 Å². The molecule has 1 N–H and O–H groups in total. The number of nitrogens with one attached hydrogen (secondary N) is 1. The highest BCUT2D eigenvalue weighted by atomic mass is 32.2. The van der Waals surface area contributed by atoms with E-state index in [2.05, 4.69) is 42.0 Å². The maximum atomic E-state index is 4.58. The molecule has 0 radical (unpaired) electrons. The van der Waals surface area contributed by atoms with Crippen LogP contribution in [-0.4, -0.2) is 42.6 Å². The third-order valence-electron chi connectivity index (χ3n) is 4.30. The molecule has 24 heavy (non-hydrogen) atoms. The smallest absolute Gasteiger partial charge is 0.187 e. The van der Waals surface area contributed by atoms with Gasteiger partial charge in [-0.3, -0.25) is 9.88 Å². The largest absolute Gasteiger partial charge is 0.348 e. The maximum absolute atomic E-state index is 4.58. The number of H-pyrrole nitrogens is 1. The molecule has 0 amide bonds. The monoisotopic (exact) mass is 338 g/mol. The molecule has 4 heterocycles. The molecule has 0 bridgehead atoms. The van der Waals surface area contributed by atoms with Gasteiger partial charge in [0.05, 0.1) is 18.1 Å². The van der Waals surface area contributed by atoms with Crippen LogP contribution in [-0.2, 0) is 13.0 Å². The number of hydrogen-bond donors (Lipinski definition) is 1. The second-order valence-corrected chi connectivity index (χ2v) is 6.52. The van der Waals surface area contributed by atoms with Crippen LogP contribution in [0.5, 0.6) is 0 Å². The van der Waals surface area contributed by atoms with Gasteiger partial charge in [0.2, 0.25) is 0 Å². The molecule has 0 aliphatic carbocycles. The highest BCUT2D eigenvalue weighted by Gasteiger charge is 2.30. The number of nitrogens with zero attached hydrogens (tertiary/aromatic N) is 5. The van der Waals surface area contributed by atoms with Crippen molar-refractivity contribution in [1.29, 1.82) is 0 Å². The number of rotatable bonds is 4. The van der Waals surface area contributed by atoms with Crippen molar-refractivity contribution in [2.45, 2.75) is 24.2 Å². The number of pyridine rings is 1. The topological polar surface area (TPSA) is 70.6 Å². The van der Waals surface area contributed by atoms with Gasteiger partial charge in [0, 0.05) is 55.6 Å². The van der Waals surface area contributed by atoms with E-state index in [1.54, 1.807) is 18.1 Å². The minimum Gasteiger partial charge on any atom is -0.348 e. The predicted octanol–water partition coefficient (Wildman–Crippen LogP) is 2.46. The summed E-state index contributed by atoms with van der Waals surface area (Å²) in [5.41, 5.74) is 4.65. The molecular formula is C17H18N6S. The van der Waals surface area contributed by atoms with E-state index in [4.69, 9.17) is 0 Å². The molecule has 3 aromatic rings. The molecule has 122 valence electrons. The lowest BCUT2D eigenvalue weighted by Gasteiger charge is -2.35. The first-order valence-corrected chi connectivity index (χ1v) is 9.08. The van der Waals surface area contributed by atoms with Crippen LogP contribution in [0.2, 0.25) is 0 Å². The van der Waals surface area contributed by atoms with E-state index in [-0.39, 0.29) is 6.04 Å². The van der Waals surface area contributed by atoms with Crippen molar-refractivity contribution in [2.24, 2.45) is 0 Å². The quantitative estimate of drug-likeness (QED) is 0.582. The fraction of sp³-hybridized carbons (Fsp3) is 0.294. The Kier molecular flexibility index (Phi) is 4.27. The third kappa shape index (κ3) is 2.92. The van der Waals surface area contributed by atoms with Gasteiger partial charge in [-0.15, -0.1) is 0 Å². The van der Waals surface area contributed by atoms with E-state index in [1.165, 1.54) is 11.3 Å². The standard InChI is InChI=1S/C17H18N6S/c1-24-17-19-8-12(9-20-17)10-23-7-4-14-15(22-11-21-14)16(23)13-2-5-18-6-3-13/h2-3,5-6,8-9,11,16H,4,7,10H2,1H3,(H,21,22)/t16-/m1/s1. The van der Waals surface area contributed by atoms with Crippen LogP contribution in [0.15, 0.2) is 48.4 Å². The second kappa shape index (κ2) is 6.70. The van der Waals surface area contributed by atoms with Gasteiger partial charge in [0.15, 0.2) is 5.16 Å². The summed E-state index contributed by atoms with van der Waals surface area (Å²) in [4.78, 5) is 23.2. The van der Waals surface area contributed by atoms with Crippen molar-refractivity contribution in [1.82, 2.24) is 29.8 Å². The number of thioether (sulfide) groups is 1. The van der Waals surface area contributed by atoms with Crippen molar-refractivity contribution in [3.63, 3.8) is 0 Å². The molecule has 0 aromatic carbocycles. The van der Waals surface area contributed by atoms with Crippen molar-refractivity contribution >= 4 is 11.8 Å². The maximum Gasteiger partial charge on any atom is 0.187 e. The second-order valence-electron chi connectivity index (χ2n) is 5.75. The minimum atomic E-state index is 0.128. The van der Waals surface area contributed by atoms with E-state index in [9.17, 15) is 0 Å². The van der Waals surface area contributed by atoms with Crippen molar-refractivity contribution in [3.05, 3.63) is 65.8 Å². The SMILES string of the molecule is CSc1ncc(CN2CCc3[nH]cnc3[C@H]2c2ccncc2)cn1. The van der Waals surface area contributed by atoms with Crippen LogP contribution in [0.25, 0.3) is 0 Å². The number of fused-ring (bicyclic) bond motifs is 1. The zero-order valence-corrected chi connectivity index (χ0v) is 14.2. The summed E-state index contributed by atoms with van der Waals surface area (Å²) >= 11 is 1.56. The molecule has 1 aliphatic rings. The Morgan fingerprint density at radius 3 is 2.75 bits per heavy atom. The van der Waals surface area contributed by atoms with Crippen LogP contribution in [0.3, 0.4) is 0 Å². The van der Waals surface area contributed by atoms with Gasteiger partial charge >= 0.3 is 0 Å². The van der Waals surface area contributed by atoms with Crippen LogP contribution in [0.1, 0.15) is 28.6 Å². The van der Waals surface area contributed by atoms with Crippen LogP contribution in [0.4, 0.5) is 0 Å². The lowest BCUT2D eigenvalue weighted by atomic mass is 9.96. The summed E-state index contributed by atoms with van der Waals surface area (Å²) in [5.74, 6) is 0. The van der Waals surface area contributed by atoms with Gasteiger partial charge in [-0.25, -0.2) is 15.0 Å². The summed E-state index contributed by atoms with van der Waals surface area (Å²) in [7, 11) is 0. The third-order valence-corrected chi connectivity index (χ3v) is 4.87. The minimum absolute atomic E-state index is 0.128. The average molecular weight is 338 g/mol. The number of hydrogen-bond acceptors (Lipinski definition) is 6. The van der Waals surface area contributed by atoms with Gasteiger partial charge in [0.1, 0.15) is 0 Å². The van der Waals surface area contributed by atoms with E-state index < -0.39 is 0 Å². The summed E-state index contributed by atoms with van der Waals surface area (Å²) in [6.45, 7) is 1.76. The lowest BCUT2D eigenvalue weighted by Crippen LogP contribution is -2.35. The van der Waals surface area contributed by atoms with Crippen molar-refractivity contribution in [2.75, 3.05) is 12.8 Å². The number of imidazole rings is 1. The van der Waals surface area contributed by atoms with Crippen LogP contribution >= 0.6 is 11.8 Å². The Morgan fingerprint density at radius 2 is 2.00 bits per heavy atom. The van der Waals surface area contributed by atoms with Gasteiger partial charge in [0.25, 0.3) is 0 Å². The van der Waals surface area contributed by atoms with Gasteiger partial charge in [-0.1, -0.05) is 11.8 Å². The molecule has 0 unspecified atom stereocenters. The Labute approximate surface area is 144 Å². The molecule has 0 saturated heterocycles. The van der Waals surface area contributed by atoms with Crippen LogP contribution in [0, 0.1) is 0 Å². The van der Waals surface area contributed by atoms with Gasteiger partial charge in [-0.05, 0) is 24.0 Å². The zero-order valence-electron chi connectivity index (χ0n) is 13.4. The average Bonchev–Trinajstić information content (AvgIpc) is 3.11. The summed E-state index contributed by atoms with van der Waals surface area (Å²) in [6, 6.07) is 4.26. The highest BCUT2D eigenvalue weighted by molar-refractivity contribution is 7.98. The van der Waals surface area contributed by atoms with E-state index in [0.29, 0.717) is 0 Å². The van der Waals surface area contributed by atoms with Crippen molar-refractivity contribution < 1.29 is 0 Å². The summed E-state index contributed by atoms with van der Waals surface area (Å²) in [6.07, 6.45) is 12.3. The fourth-order valence-corrected chi connectivity index (χ4v) is 3.49. The molecule has 1 aliphatic heterocycles. The zero-order chi connectivity index (χ0) is 16.4. The highest BCUT2D eigenvalue weighted by Crippen LogP contribution is 2.33. The normalized spacial score (nSPS) is 17.6. The Bertz CT molecular complexity index is 801. The van der Waals surface area contributed by atoms with E-state index in [1.807, 2.05) is 31.0 Å². The fourth-order valence-electron chi connectivity index (χ4n) is 3.17. The molecule has 0 spiro atoms. The Hall–Kier alpha value is -2.25. The first-order valence-electron chi connectivity index (χ1n) is 7.86. The Balaban J connectivity index is 1.65. The van der Waals surface area contributed by atoms with Gasteiger partial charge < -0.3 is 4.98 Å². The Morgan fingerprint density at radius 1 is 1.21 bits per heavy atom. The van der Waals surface area contributed by atoms with Gasteiger partial charge in [-0.2, -0.15) is 0 Å². The van der Waals surface area contributed by atoms with E-state index >= 15 is 0 Å². The molecule has 3 aromatic heterocycles. The number of aromatic nitrogens is 5. The van der Waals surface area contributed by atoms with E-state index in [0.717, 1.165) is 35.9 Å². The molecule has 4 rings (SSSR count). The number of aromatic amines is 1. The summed E-state index contributed by atoms with van der Waals surface area (Å²) < 4.78 is 0. The first kappa shape index (κ1) is 15.3. The molecule has 0 saturated carbocycles.